The summed E-state index contributed by atoms with van der Waals surface area (Å²) in [5, 5.41) is 7.93. The Labute approximate surface area is 387 Å². The first kappa shape index (κ1) is 45.1. The van der Waals surface area contributed by atoms with Crippen molar-refractivity contribution >= 4 is 67.0 Å². The summed E-state index contributed by atoms with van der Waals surface area (Å²) in [5.41, 5.74) is 5.01. The highest BCUT2D eigenvalue weighted by molar-refractivity contribution is 7.92. The number of thiazole rings is 1. The molecule has 0 spiro atoms. The van der Waals surface area contributed by atoms with Crippen LogP contribution in [-0.2, 0) is 38.0 Å². The van der Waals surface area contributed by atoms with Gasteiger partial charge in [-0.2, -0.15) is 0 Å². The number of sulfonamides is 1. The molecule has 2 fully saturated rings. The van der Waals surface area contributed by atoms with Gasteiger partial charge in [0.2, 0.25) is 27.8 Å². The van der Waals surface area contributed by atoms with Crippen LogP contribution in [0.15, 0.2) is 83.9 Å². The molecule has 2 amide bonds. The van der Waals surface area contributed by atoms with E-state index in [1.165, 1.54) is 33.1 Å². The number of anilines is 4. The number of nitrogens with one attached hydrogen (secondary N) is 3. The van der Waals surface area contributed by atoms with Crippen molar-refractivity contribution < 1.29 is 22.4 Å². The van der Waals surface area contributed by atoms with Crippen molar-refractivity contribution in [3.63, 3.8) is 0 Å². The first-order valence-electron chi connectivity index (χ1n) is 22.6. The van der Waals surface area contributed by atoms with E-state index in [-0.39, 0.29) is 40.3 Å². The van der Waals surface area contributed by atoms with Crippen LogP contribution in [-0.4, -0.2) is 76.6 Å². The highest BCUT2D eigenvalue weighted by Crippen LogP contribution is 2.42. The molecule has 14 nitrogen and oxygen atoms in total. The highest BCUT2D eigenvalue weighted by Gasteiger charge is 2.30. The van der Waals surface area contributed by atoms with Crippen LogP contribution in [0.2, 0.25) is 0 Å². The molecule has 0 saturated carbocycles. The molecule has 0 bridgehead atoms. The number of carbonyl (C=O) groups excluding carboxylic acids is 2. The lowest BCUT2D eigenvalue weighted by Gasteiger charge is -2.37. The number of hydrogen-bond acceptors (Lipinski definition) is 12. The second kappa shape index (κ2) is 18.3. The van der Waals surface area contributed by atoms with Gasteiger partial charge in [-0.05, 0) is 109 Å². The molecular formula is C49H54FN9O5S2. The maximum atomic E-state index is 16.1. The molecule has 0 aliphatic carbocycles. The highest BCUT2D eigenvalue weighted by atomic mass is 32.2. The van der Waals surface area contributed by atoms with Crippen LogP contribution in [0.5, 0.6) is 0 Å². The Morgan fingerprint density at radius 3 is 2.52 bits per heavy atom. The zero-order chi connectivity index (χ0) is 46.3. The fourth-order valence-corrected chi connectivity index (χ4v) is 11.4. The summed E-state index contributed by atoms with van der Waals surface area (Å²) in [6.45, 7) is 12.6. The van der Waals surface area contributed by atoms with Gasteiger partial charge in [0.1, 0.15) is 6.04 Å². The fraction of sp³-hybridized carbons (Fsp3) is 0.388. The largest absolute Gasteiger partial charge is 0.371 e. The lowest BCUT2D eigenvalue weighted by Crippen LogP contribution is -2.44. The number of amides is 2. The van der Waals surface area contributed by atoms with Crippen molar-refractivity contribution in [3.05, 3.63) is 111 Å². The number of piperidine rings is 2. The number of fused-ring (bicyclic) bond motifs is 2. The molecule has 344 valence electrons. The summed E-state index contributed by atoms with van der Waals surface area (Å²) < 4.78 is 45.1. The van der Waals surface area contributed by atoms with Gasteiger partial charge >= 0.3 is 0 Å². The van der Waals surface area contributed by atoms with Crippen molar-refractivity contribution in [2.75, 3.05) is 46.9 Å². The Kier molecular flexibility index (Phi) is 12.5. The van der Waals surface area contributed by atoms with E-state index in [1.54, 1.807) is 37.5 Å². The van der Waals surface area contributed by atoms with Gasteiger partial charge in [-0.3, -0.25) is 29.3 Å². The molecule has 3 aliphatic heterocycles. The van der Waals surface area contributed by atoms with E-state index in [0.29, 0.717) is 46.4 Å². The lowest BCUT2D eigenvalue weighted by molar-refractivity contribution is -0.135. The van der Waals surface area contributed by atoms with Crippen molar-refractivity contribution in [2.24, 2.45) is 5.92 Å². The SMILES string of the molecule is CCCS(=O)(=O)Nc1cccc(-c2nc(C(C)(C)C)sc2-c2ccnc(Nc3ccc4c(c3)CCN(CC3CCN(c5ccc6c(=O)n([C@@H]7CCC(=O)NC7=O)ccc6c5)CC3)C4)n2)c1F. The van der Waals surface area contributed by atoms with Crippen molar-refractivity contribution in [3.8, 4) is 21.8 Å². The van der Waals surface area contributed by atoms with Gasteiger partial charge in [0.05, 0.1) is 32.7 Å². The molecule has 6 aromatic rings. The minimum absolute atomic E-state index is 0.115. The van der Waals surface area contributed by atoms with Crippen LogP contribution in [0.4, 0.5) is 27.4 Å². The van der Waals surface area contributed by atoms with Crippen LogP contribution >= 0.6 is 11.3 Å². The fourth-order valence-electron chi connectivity index (χ4n) is 9.18. The van der Waals surface area contributed by atoms with Gasteiger partial charge in [-0.15, -0.1) is 11.3 Å². The molecule has 6 heterocycles. The zero-order valence-corrected chi connectivity index (χ0v) is 39.2. The summed E-state index contributed by atoms with van der Waals surface area (Å²) in [6.07, 6.45) is 7.34. The first-order valence-corrected chi connectivity index (χ1v) is 25.1. The number of hydrogen-bond donors (Lipinski definition) is 3. The molecule has 3 aliphatic rings. The number of halogens is 1. The molecular weight excluding hydrogens is 878 g/mol. The standard InChI is InChI=1S/C49H54FN9O5S2/c1-5-25-66(63,64)56-38-8-6-7-37(42(38)50)43-44(65-47(55-43)49(2,3)4)39-15-20-51-48(53-39)52-34-10-9-33-29-57(21-18-31(33)26-34)28-30-16-22-58(23-17-30)35-11-12-36-32(27-35)19-24-59(46(36)62)40-13-14-41(60)54-45(40)61/h6-12,15,19-20,24,26-27,30,40,56H,5,13-14,16-18,21-23,25,28-29H2,1-4H3,(H,51,52,53)(H,54,60,61)/t40-/m1/s1. The van der Waals surface area contributed by atoms with E-state index in [9.17, 15) is 22.8 Å². The molecule has 0 radical (unpaired) electrons. The summed E-state index contributed by atoms with van der Waals surface area (Å²) in [5.74, 6) is -0.578. The van der Waals surface area contributed by atoms with E-state index >= 15 is 4.39 Å². The summed E-state index contributed by atoms with van der Waals surface area (Å²) in [7, 11) is -3.72. The zero-order valence-electron chi connectivity index (χ0n) is 37.6. The van der Waals surface area contributed by atoms with Gasteiger partial charge in [0.25, 0.3) is 5.56 Å². The summed E-state index contributed by atoms with van der Waals surface area (Å²) in [6, 6.07) is 20.0. The third kappa shape index (κ3) is 9.60. The number of pyridine rings is 1. The van der Waals surface area contributed by atoms with Gasteiger partial charge in [0, 0.05) is 79.3 Å². The Morgan fingerprint density at radius 2 is 1.74 bits per heavy atom. The predicted molar refractivity (Wildman–Crippen MR) is 258 cm³/mol. The minimum atomic E-state index is -3.72. The van der Waals surface area contributed by atoms with E-state index in [2.05, 4.69) is 54.4 Å². The van der Waals surface area contributed by atoms with Gasteiger partial charge < -0.3 is 14.8 Å². The Hall–Kier alpha value is -6.04. The maximum absolute atomic E-state index is 16.1. The number of aromatic nitrogens is 4. The van der Waals surface area contributed by atoms with E-state index < -0.39 is 27.8 Å². The average molecular weight is 932 g/mol. The van der Waals surface area contributed by atoms with E-state index in [0.717, 1.165) is 73.8 Å². The van der Waals surface area contributed by atoms with Gasteiger partial charge in [-0.1, -0.05) is 39.8 Å². The van der Waals surface area contributed by atoms with Crippen LogP contribution in [0, 0.1) is 11.7 Å². The maximum Gasteiger partial charge on any atom is 0.259 e. The molecule has 3 aromatic heterocycles. The monoisotopic (exact) mass is 931 g/mol. The normalized spacial score (nSPS) is 17.5. The smallest absolute Gasteiger partial charge is 0.259 e. The van der Waals surface area contributed by atoms with E-state index in [4.69, 9.17) is 9.97 Å². The quantitative estimate of drug-likeness (QED) is 0.101. The average Bonchev–Trinajstić information content (AvgIpc) is 3.74. The van der Waals surface area contributed by atoms with Crippen LogP contribution in [0.3, 0.4) is 0 Å². The topological polar surface area (TPSA) is 172 Å². The molecule has 1 atom stereocenters. The number of imide groups is 1. The van der Waals surface area contributed by atoms with Crippen molar-refractivity contribution in [1.29, 1.82) is 0 Å². The van der Waals surface area contributed by atoms with Crippen molar-refractivity contribution in [1.82, 2.24) is 29.7 Å². The van der Waals surface area contributed by atoms with Crippen LogP contribution in [0.25, 0.3) is 32.6 Å². The second-order valence-electron chi connectivity index (χ2n) is 18.6. The summed E-state index contributed by atoms with van der Waals surface area (Å²) in [4.78, 5) is 57.4. The predicted octanol–water partition coefficient (Wildman–Crippen LogP) is 8.17. The summed E-state index contributed by atoms with van der Waals surface area (Å²) >= 11 is 1.43. The molecule has 9 rings (SSSR count). The Bertz CT molecular complexity index is 3010. The third-order valence-corrected chi connectivity index (χ3v) is 15.6. The number of nitrogens with zero attached hydrogens (tertiary/aromatic N) is 6. The first-order chi connectivity index (χ1) is 31.6. The molecule has 2 saturated heterocycles. The molecule has 17 heteroatoms. The molecule has 0 unspecified atom stereocenters. The van der Waals surface area contributed by atoms with Gasteiger partial charge in [0.15, 0.2) is 5.82 Å². The van der Waals surface area contributed by atoms with E-state index in [1.807, 2.05) is 39.0 Å². The Morgan fingerprint density at radius 1 is 0.924 bits per heavy atom. The molecule has 66 heavy (non-hydrogen) atoms. The molecule has 3 N–H and O–H groups in total. The Balaban J connectivity index is 0.832. The van der Waals surface area contributed by atoms with Crippen molar-refractivity contribution in [2.45, 2.75) is 84.2 Å². The minimum Gasteiger partial charge on any atom is -0.371 e. The molecule has 3 aromatic carbocycles. The van der Waals surface area contributed by atoms with Gasteiger partial charge in [-0.25, -0.2) is 27.8 Å². The van der Waals surface area contributed by atoms with Crippen LogP contribution in [0.1, 0.15) is 82.0 Å². The third-order valence-electron chi connectivity index (χ3n) is 12.7. The lowest BCUT2D eigenvalue weighted by atomic mass is 9.93. The van der Waals surface area contributed by atoms with Crippen LogP contribution < -0.4 is 25.8 Å². The second-order valence-corrected chi connectivity index (χ2v) is 21.4. The number of carbonyl (C=O) groups is 2. The number of rotatable bonds is 12. The number of benzene rings is 3.